The Bertz CT molecular complexity index is 732. The van der Waals surface area contributed by atoms with Gasteiger partial charge in [-0.2, -0.15) is 0 Å². The lowest BCUT2D eigenvalue weighted by Crippen LogP contribution is -2.47. The maximum Gasteiger partial charge on any atom is 0.0486 e. The lowest BCUT2D eigenvalue weighted by molar-refractivity contribution is 0.137. The third-order valence-electron chi connectivity index (χ3n) is 5.93. The molecule has 2 aromatic rings. The van der Waals surface area contributed by atoms with Crippen LogP contribution in [-0.4, -0.2) is 17.0 Å². The highest BCUT2D eigenvalue weighted by Crippen LogP contribution is 2.46. The van der Waals surface area contributed by atoms with E-state index in [1.807, 2.05) is 0 Å². The highest BCUT2D eigenvalue weighted by atomic mass is 79.9. The molecule has 0 amide bonds. The Morgan fingerprint density at radius 2 is 1.78 bits per heavy atom. The molecule has 1 saturated carbocycles. The number of hydrogen-bond acceptors (Lipinski definition) is 2. The van der Waals surface area contributed by atoms with E-state index >= 15 is 0 Å². The molecule has 3 aliphatic rings. The third-order valence-corrected chi connectivity index (χ3v) is 6.43. The molecule has 1 fully saturated rings. The van der Waals surface area contributed by atoms with Crippen molar-refractivity contribution in [2.75, 3.05) is 5.32 Å². The number of nitrogens with one attached hydrogen (secondary N) is 1. The fourth-order valence-corrected chi connectivity index (χ4v) is 5.25. The van der Waals surface area contributed by atoms with Gasteiger partial charge in [0.25, 0.3) is 0 Å². The van der Waals surface area contributed by atoms with Crippen LogP contribution >= 0.6 is 15.9 Å². The Kier molecular flexibility index (Phi) is 3.27. The van der Waals surface area contributed by atoms with Crippen LogP contribution in [0.3, 0.4) is 0 Å². The molecule has 0 bridgehead atoms. The molecule has 23 heavy (non-hydrogen) atoms. The van der Waals surface area contributed by atoms with E-state index in [0.717, 1.165) is 13.1 Å². The van der Waals surface area contributed by atoms with Crippen molar-refractivity contribution in [1.82, 2.24) is 4.90 Å². The standard InChI is InChI=1S/C20H21BrN2/c21-15-8-9-18-17(10-15)16-6-3-7-19(20(16)22-18)23-11-13-4-1-2-5-14(13)12-23/h1-2,4-5,8-10,16,19-20,22H,3,6-7,11-12H2. The van der Waals surface area contributed by atoms with E-state index < -0.39 is 0 Å². The Hall–Kier alpha value is -1.32. The van der Waals surface area contributed by atoms with E-state index in [1.165, 1.54) is 46.1 Å². The molecule has 1 N–H and O–H groups in total. The summed E-state index contributed by atoms with van der Waals surface area (Å²) >= 11 is 3.64. The van der Waals surface area contributed by atoms with Crippen molar-refractivity contribution < 1.29 is 0 Å². The van der Waals surface area contributed by atoms with Crippen LogP contribution in [0.25, 0.3) is 0 Å². The van der Waals surface area contributed by atoms with Gasteiger partial charge in [-0.25, -0.2) is 0 Å². The second kappa shape index (κ2) is 5.35. The average Bonchev–Trinajstić information content (AvgIpc) is 3.15. The molecule has 2 aromatic carbocycles. The highest BCUT2D eigenvalue weighted by molar-refractivity contribution is 9.10. The smallest absolute Gasteiger partial charge is 0.0486 e. The lowest BCUT2D eigenvalue weighted by Gasteiger charge is -2.39. The zero-order chi connectivity index (χ0) is 15.4. The molecule has 3 atom stereocenters. The molecule has 0 aromatic heterocycles. The third kappa shape index (κ3) is 2.25. The van der Waals surface area contributed by atoms with Gasteiger partial charge in [0.05, 0.1) is 0 Å². The summed E-state index contributed by atoms with van der Waals surface area (Å²) < 4.78 is 1.20. The second-order valence-electron chi connectivity index (χ2n) is 7.18. The number of rotatable bonds is 1. The van der Waals surface area contributed by atoms with Gasteiger partial charge in [-0.15, -0.1) is 0 Å². The van der Waals surface area contributed by atoms with Crippen molar-refractivity contribution in [3.8, 4) is 0 Å². The fourth-order valence-electron chi connectivity index (χ4n) is 4.87. The van der Waals surface area contributed by atoms with Gasteiger partial charge in [-0.3, -0.25) is 4.90 Å². The van der Waals surface area contributed by atoms with E-state index in [-0.39, 0.29) is 0 Å². The van der Waals surface area contributed by atoms with Crippen LogP contribution in [0, 0.1) is 0 Å². The lowest BCUT2D eigenvalue weighted by atomic mass is 9.79. The molecule has 2 aliphatic heterocycles. The van der Waals surface area contributed by atoms with Gasteiger partial charge < -0.3 is 5.32 Å². The van der Waals surface area contributed by atoms with Crippen LogP contribution in [0.2, 0.25) is 0 Å². The molecular weight excluding hydrogens is 348 g/mol. The number of benzene rings is 2. The summed E-state index contributed by atoms with van der Waals surface area (Å²) in [6.45, 7) is 2.23. The maximum atomic E-state index is 3.85. The van der Waals surface area contributed by atoms with Gasteiger partial charge in [-0.05, 0) is 47.7 Å². The average molecular weight is 369 g/mol. The molecule has 0 spiro atoms. The first-order valence-electron chi connectivity index (χ1n) is 8.66. The molecule has 0 radical (unpaired) electrons. The van der Waals surface area contributed by atoms with E-state index in [2.05, 4.69) is 68.6 Å². The Morgan fingerprint density at radius 3 is 2.57 bits per heavy atom. The summed E-state index contributed by atoms with van der Waals surface area (Å²) in [5.41, 5.74) is 5.92. The van der Waals surface area contributed by atoms with Crippen molar-refractivity contribution in [3.05, 3.63) is 63.6 Å². The second-order valence-corrected chi connectivity index (χ2v) is 8.10. The monoisotopic (exact) mass is 368 g/mol. The summed E-state index contributed by atoms with van der Waals surface area (Å²) in [7, 11) is 0. The van der Waals surface area contributed by atoms with Crippen molar-refractivity contribution in [2.45, 2.75) is 50.4 Å². The largest absolute Gasteiger partial charge is 0.380 e. The Morgan fingerprint density at radius 1 is 1.00 bits per heavy atom. The zero-order valence-corrected chi connectivity index (χ0v) is 14.7. The molecule has 0 saturated heterocycles. The van der Waals surface area contributed by atoms with Crippen LogP contribution in [0.5, 0.6) is 0 Å². The van der Waals surface area contributed by atoms with Crippen molar-refractivity contribution >= 4 is 21.6 Å². The van der Waals surface area contributed by atoms with Crippen LogP contribution in [0.1, 0.15) is 41.9 Å². The summed E-state index contributed by atoms with van der Waals surface area (Å²) in [6.07, 6.45) is 3.97. The van der Waals surface area contributed by atoms with Gasteiger partial charge in [0.1, 0.15) is 0 Å². The van der Waals surface area contributed by atoms with E-state index in [0.29, 0.717) is 18.0 Å². The van der Waals surface area contributed by atoms with Gasteiger partial charge in [-0.1, -0.05) is 46.6 Å². The number of fused-ring (bicyclic) bond motifs is 4. The molecule has 3 unspecified atom stereocenters. The molecular formula is C20H21BrN2. The normalized spacial score (nSPS) is 28.8. The molecule has 2 nitrogen and oxygen atoms in total. The van der Waals surface area contributed by atoms with Gasteiger partial charge >= 0.3 is 0 Å². The minimum atomic E-state index is 0.572. The number of anilines is 1. The number of halogens is 1. The predicted octanol–water partition coefficient (Wildman–Crippen LogP) is 4.90. The minimum absolute atomic E-state index is 0.572. The summed E-state index contributed by atoms with van der Waals surface area (Å²) in [5, 5.41) is 3.85. The zero-order valence-electron chi connectivity index (χ0n) is 13.1. The molecule has 5 rings (SSSR count). The topological polar surface area (TPSA) is 15.3 Å². The van der Waals surface area contributed by atoms with Crippen molar-refractivity contribution in [1.29, 1.82) is 0 Å². The first kappa shape index (κ1) is 14.1. The first-order chi connectivity index (χ1) is 11.3. The minimum Gasteiger partial charge on any atom is -0.380 e. The SMILES string of the molecule is Brc1ccc2c(c1)C1CCCC(N3Cc4ccccc4C3)C1N2. The van der Waals surface area contributed by atoms with Gasteiger partial charge in [0, 0.05) is 41.3 Å². The van der Waals surface area contributed by atoms with E-state index in [1.54, 1.807) is 0 Å². The number of hydrogen-bond donors (Lipinski definition) is 1. The summed E-state index contributed by atoms with van der Waals surface area (Å²) in [4.78, 5) is 2.70. The summed E-state index contributed by atoms with van der Waals surface area (Å²) in [5.74, 6) is 0.671. The summed E-state index contributed by atoms with van der Waals surface area (Å²) in [6, 6.07) is 16.9. The molecule has 118 valence electrons. The molecule has 2 heterocycles. The first-order valence-corrected chi connectivity index (χ1v) is 9.46. The fraction of sp³-hybridized carbons (Fsp3) is 0.400. The van der Waals surface area contributed by atoms with Crippen LogP contribution in [-0.2, 0) is 13.1 Å². The van der Waals surface area contributed by atoms with Crippen LogP contribution in [0.15, 0.2) is 46.9 Å². The van der Waals surface area contributed by atoms with Gasteiger partial charge in [0.15, 0.2) is 0 Å². The van der Waals surface area contributed by atoms with Crippen LogP contribution in [0.4, 0.5) is 5.69 Å². The van der Waals surface area contributed by atoms with E-state index in [9.17, 15) is 0 Å². The molecule has 3 heteroatoms. The number of nitrogens with zero attached hydrogens (tertiary/aromatic N) is 1. The Labute approximate surface area is 146 Å². The quantitative estimate of drug-likeness (QED) is 0.770. The predicted molar refractivity (Wildman–Crippen MR) is 97.6 cm³/mol. The van der Waals surface area contributed by atoms with Gasteiger partial charge in [0.2, 0.25) is 0 Å². The highest BCUT2D eigenvalue weighted by Gasteiger charge is 2.43. The van der Waals surface area contributed by atoms with Crippen molar-refractivity contribution in [2.24, 2.45) is 0 Å². The molecule has 1 aliphatic carbocycles. The Balaban J connectivity index is 1.44. The van der Waals surface area contributed by atoms with Crippen molar-refractivity contribution in [3.63, 3.8) is 0 Å². The van der Waals surface area contributed by atoms with E-state index in [4.69, 9.17) is 0 Å². The maximum absolute atomic E-state index is 3.85. The van der Waals surface area contributed by atoms with Crippen LogP contribution < -0.4 is 5.32 Å².